The number of rotatable bonds is 5. The smallest absolute Gasteiger partial charge is 0.449 e. The van der Waals surface area contributed by atoms with Gasteiger partial charge in [0.15, 0.2) is 6.61 Å². The molecule has 1 heterocycles. The number of fused-ring (bicyclic) bond motifs is 1. The summed E-state index contributed by atoms with van der Waals surface area (Å²) in [6, 6.07) is 5.13. The third-order valence-corrected chi connectivity index (χ3v) is 4.50. The third kappa shape index (κ3) is 5.24. The van der Waals surface area contributed by atoms with Crippen LogP contribution in [0.15, 0.2) is 24.3 Å². The van der Waals surface area contributed by atoms with Crippen molar-refractivity contribution in [3.05, 3.63) is 30.1 Å². The van der Waals surface area contributed by atoms with Gasteiger partial charge in [-0.15, -0.1) is 0 Å². The standard InChI is InChI=1S/C18H19F3N4O4/c19-18(20,21)16-23-12-7-3-4-8-13(12)25(16)9-15(27)29-10-14(26)24-17(28)22-11-5-1-2-6-11/h3-4,7-8,11H,1-2,5-6,9-10H2,(H2,22,24,26,28). The number of para-hydroxylation sites is 2. The van der Waals surface area contributed by atoms with Crippen LogP contribution in [0.3, 0.4) is 0 Å². The summed E-state index contributed by atoms with van der Waals surface area (Å²) < 4.78 is 45.1. The molecule has 2 aromatic rings. The molecular formula is C18H19F3N4O4. The van der Waals surface area contributed by atoms with Crippen LogP contribution >= 0.6 is 0 Å². The van der Waals surface area contributed by atoms with Crippen molar-refractivity contribution in [2.24, 2.45) is 0 Å². The number of nitrogens with one attached hydrogen (secondary N) is 2. The molecule has 0 aliphatic heterocycles. The molecule has 156 valence electrons. The van der Waals surface area contributed by atoms with E-state index < -0.39 is 43.1 Å². The Bertz CT molecular complexity index is 919. The van der Waals surface area contributed by atoms with E-state index >= 15 is 0 Å². The largest absolute Gasteiger partial charge is 0.454 e. The number of carbonyl (C=O) groups is 3. The van der Waals surface area contributed by atoms with Gasteiger partial charge in [-0.05, 0) is 25.0 Å². The molecule has 2 N–H and O–H groups in total. The van der Waals surface area contributed by atoms with E-state index in [2.05, 4.69) is 10.3 Å². The number of esters is 1. The Morgan fingerprint density at radius 3 is 2.55 bits per heavy atom. The fraction of sp³-hybridized carbons (Fsp3) is 0.444. The van der Waals surface area contributed by atoms with Gasteiger partial charge < -0.3 is 14.6 Å². The van der Waals surface area contributed by atoms with Gasteiger partial charge in [-0.1, -0.05) is 25.0 Å². The summed E-state index contributed by atoms with van der Waals surface area (Å²) in [5, 5.41) is 4.65. The quantitative estimate of drug-likeness (QED) is 0.734. The number of imide groups is 1. The number of alkyl halides is 3. The van der Waals surface area contributed by atoms with E-state index in [1.165, 1.54) is 24.3 Å². The normalized spacial score (nSPS) is 14.7. The van der Waals surface area contributed by atoms with Gasteiger partial charge in [-0.2, -0.15) is 13.2 Å². The molecule has 29 heavy (non-hydrogen) atoms. The molecule has 1 fully saturated rings. The zero-order chi connectivity index (χ0) is 21.0. The topological polar surface area (TPSA) is 102 Å². The predicted octanol–water partition coefficient (Wildman–Crippen LogP) is 2.37. The predicted molar refractivity (Wildman–Crippen MR) is 94.6 cm³/mol. The second kappa shape index (κ2) is 8.50. The summed E-state index contributed by atoms with van der Waals surface area (Å²) in [6.07, 6.45) is -1.11. The first kappa shape index (κ1) is 20.6. The lowest BCUT2D eigenvalue weighted by Crippen LogP contribution is -2.45. The first-order valence-electron chi connectivity index (χ1n) is 9.02. The number of carbonyl (C=O) groups excluding carboxylic acids is 3. The molecule has 3 rings (SSSR count). The molecule has 0 saturated heterocycles. The van der Waals surface area contributed by atoms with Crippen LogP contribution in [-0.4, -0.2) is 40.1 Å². The highest BCUT2D eigenvalue weighted by Crippen LogP contribution is 2.31. The third-order valence-electron chi connectivity index (χ3n) is 4.50. The van der Waals surface area contributed by atoms with Crippen molar-refractivity contribution in [2.75, 3.05) is 6.61 Å². The Hall–Kier alpha value is -3.11. The van der Waals surface area contributed by atoms with Crippen molar-refractivity contribution >= 4 is 28.9 Å². The lowest BCUT2D eigenvalue weighted by Gasteiger charge is -2.13. The maximum atomic E-state index is 13.2. The summed E-state index contributed by atoms with van der Waals surface area (Å²) in [5.41, 5.74) is 0.186. The summed E-state index contributed by atoms with van der Waals surface area (Å²) in [6.45, 7) is -1.57. The van der Waals surface area contributed by atoms with Gasteiger partial charge >= 0.3 is 18.2 Å². The molecule has 0 atom stereocenters. The molecule has 1 aliphatic rings. The van der Waals surface area contributed by atoms with Crippen LogP contribution in [0.25, 0.3) is 11.0 Å². The van der Waals surface area contributed by atoms with Crippen LogP contribution in [-0.2, 0) is 27.0 Å². The van der Waals surface area contributed by atoms with Crippen LogP contribution in [0.2, 0.25) is 0 Å². The Morgan fingerprint density at radius 2 is 1.86 bits per heavy atom. The number of hydrogen-bond donors (Lipinski definition) is 2. The monoisotopic (exact) mass is 412 g/mol. The average Bonchev–Trinajstić information content (AvgIpc) is 3.28. The van der Waals surface area contributed by atoms with Crippen LogP contribution in [0, 0.1) is 0 Å². The number of urea groups is 1. The summed E-state index contributed by atoms with van der Waals surface area (Å²) >= 11 is 0. The molecule has 1 saturated carbocycles. The maximum Gasteiger partial charge on any atom is 0.449 e. The van der Waals surface area contributed by atoms with E-state index in [1.807, 2.05) is 5.32 Å². The van der Waals surface area contributed by atoms with Crippen molar-refractivity contribution in [1.82, 2.24) is 20.2 Å². The van der Waals surface area contributed by atoms with Gasteiger partial charge in [0.25, 0.3) is 5.91 Å². The van der Waals surface area contributed by atoms with Gasteiger partial charge in [0.1, 0.15) is 6.54 Å². The van der Waals surface area contributed by atoms with E-state index in [0.29, 0.717) is 4.57 Å². The first-order chi connectivity index (χ1) is 13.7. The SMILES string of the molecule is O=C(COC(=O)Cn1c(C(F)(F)F)nc2ccccc21)NC(=O)NC1CCCC1. The molecule has 0 spiro atoms. The first-order valence-corrected chi connectivity index (χ1v) is 9.02. The zero-order valence-electron chi connectivity index (χ0n) is 15.3. The van der Waals surface area contributed by atoms with Crippen molar-refractivity contribution in [3.63, 3.8) is 0 Å². The molecule has 3 amide bonds. The number of nitrogens with zero attached hydrogens (tertiary/aromatic N) is 2. The number of amides is 3. The van der Waals surface area contributed by atoms with Crippen LogP contribution in [0.4, 0.5) is 18.0 Å². The molecule has 0 unspecified atom stereocenters. The molecular weight excluding hydrogens is 393 g/mol. The van der Waals surface area contributed by atoms with Crippen LogP contribution in [0.5, 0.6) is 0 Å². The van der Waals surface area contributed by atoms with E-state index in [4.69, 9.17) is 4.74 Å². The van der Waals surface area contributed by atoms with E-state index in [1.54, 1.807) is 0 Å². The number of imidazole rings is 1. The van der Waals surface area contributed by atoms with Crippen molar-refractivity contribution in [1.29, 1.82) is 0 Å². The summed E-state index contributed by atoms with van der Waals surface area (Å²) in [7, 11) is 0. The number of halogens is 3. The molecule has 1 aliphatic carbocycles. The lowest BCUT2D eigenvalue weighted by molar-refractivity contribution is -0.153. The molecule has 0 radical (unpaired) electrons. The van der Waals surface area contributed by atoms with E-state index in [9.17, 15) is 27.6 Å². The van der Waals surface area contributed by atoms with Gasteiger partial charge in [-0.3, -0.25) is 14.9 Å². The minimum absolute atomic E-state index is 0.000613. The molecule has 1 aromatic carbocycles. The van der Waals surface area contributed by atoms with E-state index in [0.717, 1.165) is 25.7 Å². The molecule has 0 bridgehead atoms. The maximum absolute atomic E-state index is 13.2. The molecule has 1 aromatic heterocycles. The minimum atomic E-state index is -4.77. The van der Waals surface area contributed by atoms with Gasteiger partial charge in [0, 0.05) is 6.04 Å². The number of benzene rings is 1. The minimum Gasteiger partial charge on any atom is -0.454 e. The zero-order valence-corrected chi connectivity index (χ0v) is 15.3. The Labute approximate surface area is 163 Å². The number of aromatic nitrogens is 2. The number of hydrogen-bond acceptors (Lipinski definition) is 5. The fourth-order valence-electron chi connectivity index (χ4n) is 3.23. The Kier molecular flexibility index (Phi) is 6.04. The van der Waals surface area contributed by atoms with Crippen LogP contribution in [0.1, 0.15) is 31.5 Å². The number of ether oxygens (including phenoxy) is 1. The lowest BCUT2D eigenvalue weighted by atomic mass is 10.2. The van der Waals surface area contributed by atoms with Crippen molar-refractivity contribution in [2.45, 2.75) is 44.4 Å². The summed E-state index contributed by atoms with van der Waals surface area (Å²) in [4.78, 5) is 38.9. The van der Waals surface area contributed by atoms with Gasteiger partial charge in [-0.25, -0.2) is 9.78 Å². The summed E-state index contributed by atoms with van der Waals surface area (Å²) in [5.74, 6) is -3.18. The highest BCUT2D eigenvalue weighted by atomic mass is 19.4. The second-order valence-corrected chi connectivity index (χ2v) is 6.67. The van der Waals surface area contributed by atoms with Crippen LogP contribution < -0.4 is 10.6 Å². The molecule has 8 nitrogen and oxygen atoms in total. The van der Waals surface area contributed by atoms with Gasteiger partial charge in [0.05, 0.1) is 11.0 Å². The van der Waals surface area contributed by atoms with Crippen molar-refractivity contribution in [3.8, 4) is 0 Å². The Balaban J connectivity index is 1.57. The average molecular weight is 412 g/mol. The second-order valence-electron chi connectivity index (χ2n) is 6.67. The Morgan fingerprint density at radius 1 is 1.17 bits per heavy atom. The van der Waals surface area contributed by atoms with Gasteiger partial charge in [0.2, 0.25) is 5.82 Å². The van der Waals surface area contributed by atoms with E-state index in [-0.39, 0.29) is 17.1 Å². The molecule has 11 heteroatoms. The fourth-order valence-corrected chi connectivity index (χ4v) is 3.23. The highest BCUT2D eigenvalue weighted by Gasteiger charge is 2.38. The highest BCUT2D eigenvalue weighted by molar-refractivity contribution is 5.95. The van der Waals surface area contributed by atoms with Crippen molar-refractivity contribution < 1.29 is 32.3 Å².